The van der Waals surface area contributed by atoms with E-state index in [0.29, 0.717) is 41.4 Å². The molecule has 0 spiro atoms. The quantitative estimate of drug-likeness (QED) is 0.381. The van der Waals surface area contributed by atoms with E-state index < -0.39 is 17.9 Å². The molecule has 0 radical (unpaired) electrons. The molecule has 23 heavy (non-hydrogen) atoms. The summed E-state index contributed by atoms with van der Waals surface area (Å²) < 4.78 is 9.84. The van der Waals surface area contributed by atoms with Crippen molar-refractivity contribution in [1.82, 2.24) is 5.32 Å². The SMILES string of the molecule is CCOC(=O)C1=C(CSCCNC=O)N=C(C)C(C(=O)OC)C1. The zero-order chi connectivity index (χ0) is 17.2. The van der Waals surface area contributed by atoms with Gasteiger partial charge in [-0.05, 0) is 20.3 Å². The van der Waals surface area contributed by atoms with Crippen LogP contribution in [0.2, 0.25) is 0 Å². The maximum Gasteiger partial charge on any atom is 0.335 e. The number of rotatable bonds is 9. The lowest BCUT2D eigenvalue weighted by Gasteiger charge is -2.22. The molecule has 0 aromatic heterocycles. The minimum absolute atomic E-state index is 0.239. The average Bonchev–Trinajstić information content (AvgIpc) is 2.54. The van der Waals surface area contributed by atoms with Crippen LogP contribution in [-0.4, -0.2) is 55.8 Å². The Labute approximate surface area is 139 Å². The van der Waals surface area contributed by atoms with Crippen molar-refractivity contribution < 1.29 is 23.9 Å². The number of carbonyl (C=O) groups excluding carboxylic acids is 3. The zero-order valence-corrected chi connectivity index (χ0v) is 14.4. The van der Waals surface area contributed by atoms with E-state index in [4.69, 9.17) is 9.47 Å². The van der Waals surface area contributed by atoms with E-state index in [9.17, 15) is 14.4 Å². The first-order valence-corrected chi connectivity index (χ1v) is 8.47. The molecule has 7 nitrogen and oxygen atoms in total. The first-order chi connectivity index (χ1) is 11.0. The molecule has 1 unspecified atom stereocenters. The second-order valence-electron chi connectivity index (χ2n) is 4.80. The third kappa shape index (κ3) is 5.70. The van der Waals surface area contributed by atoms with Crippen LogP contribution in [0.25, 0.3) is 0 Å². The minimum atomic E-state index is -0.551. The number of ether oxygens (including phenoxy) is 2. The van der Waals surface area contributed by atoms with Crippen LogP contribution in [0.15, 0.2) is 16.3 Å². The fourth-order valence-electron chi connectivity index (χ4n) is 2.12. The van der Waals surface area contributed by atoms with E-state index in [1.165, 1.54) is 7.11 Å². The third-order valence-electron chi connectivity index (χ3n) is 3.29. The van der Waals surface area contributed by atoms with Crippen molar-refractivity contribution >= 4 is 35.8 Å². The van der Waals surface area contributed by atoms with Gasteiger partial charge in [-0.1, -0.05) is 0 Å². The van der Waals surface area contributed by atoms with Crippen LogP contribution in [0.5, 0.6) is 0 Å². The maximum atomic E-state index is 12.1. The fraction of sp³-hybridized carbons (Fsp3) is 0.600. The highest BCUT2D eigenvalue weighted by atomic mass is 32.2. The maximum absolute atomic E-state index is 12.1. The van der Waals surface area contributed by atoms with Gasteiger partial charge < -0.3 is 14.8 Å². The van der Waals surface area contributed by atoms with Crippen molar-refractivity contribution in [2.24, 2.45) is 10.9 Å². The Morgan fingerprint density at radius 2 is 2.22 bits per heavy atom. The van der Waals surface area contributed by atoms with Gasteiger partial charge in [-0.2, -0.15) is 11.8 Å². The smallest absolute Gasteiger partial charge is 0.335 e. The summed E-state index contributed by atoms with van der Waals surface area (Å²) in [5.41, 5.74) is 1.67. The number of esters is 2. The molecule has 1 aliphatic heterocycles. The van der Waals surface area contributed by atoms with Gasteiger partial charge in [0.05, 0.1) is 30.9 Å². The van der Waals surface area contributed by atoms with Crippen LogP contribution in [-0.2, 0) is 23.9 Å². The van der Waals surface area contributed by atoms with Crippen LogP contribution in [0, 0.1) is 5.92 Å². The molecule has 1 N–H and O–H groups in total. The topological polar surface area (TPSA) is 94.1 Å². The summed E-state index contributed by atoms with van der Waals surface area (Å²) in [6, 6.07) is 0. The molecule has 1 rings (SSSR count). The van der Waals surface area contributed by atoms with Gasteiger partial charge in [-0.15, -0.1) is 0 Å². The monoisotopic (exact) mass is 342 g/mol. The number of amides is 1. The summed E-state index contributed by atoms with van der Waals surface area (Å²) in [5, 5.41) is 2.57. The highest BCUT2D eigenvalue weighted by molar-refractivity contribution is 7.99. The van der Waals surface area contributed by atoms with E-state index >= 15 is 0 Å². The second kappa shape index (κ2) is 10.0. The molecule has 0 aromatic carbocycles. The van der Waals surface area contributed by atoms with E-state index in [0.717, 1.165) is 0 Å². The molecule has 0 aliphatic carbocycles. The van der Waals surface area contributed by atoms with Gasteiger partial charge in [-0.25, -0.2) is 4.79 Å². The van der Waals surface area contributed by atoms with Crippen LogP contribution < -0.4 is 5.32 Å². The lowest BCUT2D eigenvalue weighted by molar-refractivity contribution is -0.143. The molecular weight excluding hydrogens is 320 g/mol. The van der Waals surface area contributed by atoms with Gasteiger partial charge in [-0.3, -0.25) is 14.6 Å². The summed E-state index contributed by atoms with van der Waals surface area (Å²) in [4.78, 5) is 38.6. The molecule has 1 amide bonds. The third-order valence-corrected chi connectivity index (χ3v) is 4.26. The summed E-state index contributed by atoms with van der Waals surface area (Å²) in [7, 11) is 1.31. The molecule has 0 aromatic rings. The lowest BCUT2D eigenvalue weighted by Crippen LogP contribution is -2.29. The molecule has 1 aliphatic rings. The van der Waals surface area contributed by atoms with Crippen molar-refractivity contribution in [2.75, 3.05) is 31.8 Å². The summed E-state index contributed by atoms with van der Waals surface area (Å²) in [6.45, 7) is 4.29. The number of thioether (sulfide) groups is 1. The Morgan fingerprint density at radius 3 is 2.83 bits per heavy atom. The van der Waals surface area contributed by atoms with E-state index in [2.05, 4.69) is 10.3 Å². The Morgan fingerprint density at radius 1 is 1.48 bits per heavy atom. The fourth-order valence-corrected chi connectivity index (χ4v) is 2.96. The average molecular weight is 342 g/mol. The number of nitrogens with one attached hydrogen (secondary N) is 1. The van der Waals surface area contributed by atoms with Crippen molar-refractivity contribution in [3.63, 3.8) is 0 Å². The Bertz CT molecular complexity index is 516. The molecule has 1 heterocycles. The molecule has 0 bridgehead atoms. The van der Waals surface area contributed by atoms with Crippen LogP contribution in [0.1, 0.15) is 20.3 Å². The first kappa shape index (κ1) is 19.2. The molecular formula is C15H22N2O5S. The van der Waals surface area contributed by atoms with Crippen LogP contribution in [0.4, 0.5) is 0 Å². The number of hydrogen-bond acceptors (Lipinski definition) is 7. The predicted octanol–water partition coefficient (Wildman–Crippen LogP) is 0.937. The molecule has 128 valence electrons. The number of nitrogens with zero attached hydrogens (tertiary/aromatic N) is 1. The Hall–Kier alpha value is -1.83. The minimum Gasteiger partial charge on any atom is -0.469 e. The van der Waals surface area contributed by atoms with Crippen LogP contribution >= 0.6 is 11.8 Å². The number of methoxy groups -OCH3 is 1. The summed E-state index contributed by atoms with van der Waals surface area (Å²) in [5.74, 6) is -0.188. The first-order valence-electron chi connectivity index (χ1n) is 7.32. The van der Waals surface area contributed by atoms with E-state index in [1.807, 2.05) is 0 Å². The Balaban J connectivity index is 2.87. The van der Waals surface area contributed by atoms with Crippen molar-refractivity contribution in [2.45, 2.75) is 20.3 Å². The normalized spacial score (nSPS) is 17.3. The van der Waals surface area contributed by atoms with Crippen molar-refractivity contribution in [3.8, 4) is 0 Å². The van der Waals surface area contributed by atoms with E-state index in [-0.39, 0.29) is 13.0 Å². The number of carbonyl (C=O) groups is 3. The second-order valence-corrected chi connectivity index (χ2v) is 5.91. The highest BCUT2D eigenvalue weighted by Crippen LogP contribution is 2.28. The molecule has 0 saturated heterocycles. The molecule has 1 atom stereocenters. The van der Waals surface area contributed by atoms with Crippen LogP contribution in [0.3, 0.4) is 0 Å². The predicted molar refractivity (Wildman–Crippen MR) is 88.3 cm³/mol. The Kier molecular flexibility index (Phi) is 8.39. The standard InChI is InChI=1S/C15H22N2O5S/c1-4-22-15(20)12-7-11(14(19)21-3)10(2)17-13(12)8-23-6-5-16-9-18/h9,11H,4-8H2,1-3H3,(H,16,18). The molecule has 0 fully saturated rings. The molecule has 8 heteroatoms. The van der Waals surface area contributed by atoms with Crippen molar-refractivity contribution in [1.29, 1.82) is 0 Å². The van der Waals surface area contributed by atoms with Gasteiger partial charge in [0.2, 0.25) is 6.41 Å². The number of aliphatic imine (C=N–C) groups is 1. The summed E-state index contributed by atoms with van der Waals surface area (Å²) >= 11 is 1.55. The van der Waals surface area contributed by atoms with Crippen molar-refractivity contribution in [3.05, 3.63) is 11.3 Å². The largest absolute Gasteiger partial charge is 0.469 e. The van der Waals surface area contributed by atoms with Gasteiger partial charge in [0, 0.05) is 23.8 Å². The van der Waals surface area contributed by atoms with Gasteiger partial charge in [0.15, 0.2) is 0 Å². The lowest BCUT2D eigenvalue weighted by atomic mass is 9.91. The van der Waals surface area contributed by atoms with Gasteiger partial charge in [0.25, 0.3) is 0 Å². The van der Waals surface area contributed by atoms with Gasteiger partial charge >= 0.3 is 11.9 Å². The zero-order valence-electron chi connectivity index (χ0n) is 13.6. The molecule has 0 saturated carbocycles. The number of hydrogen-bond donors (Lipinski definition) is 1. The van der Waals surface area contributed by atoms with Gasteiger partial charge in [0.1, 0.15) is 0 Å². The van der Waals surface area contributed by atoms with E-state index in [1.54, 1.807) is 25.6 Å². The summed E-state index contributed by atoms with van der Waals surface area (Å²) in [6.07, 6.45) is 0.886. The highest BCUT2D eigenvalue weighted by Gasteiger charge is 2.32.